The van der Waals surface area contributed by atoms with E-state index in [1.807, 2.05) is 6.08 Å². The van der Waals surface area contributed by atoms with Crippen LogP contribution in [0.3, 0.4) is 0 Å². The van der Waals surface area contributed by atoms with Crippen LogP contribution in [0.5, 0.6) is 0 Å². The van der Waals surface area contributed by atoms with E-state index in [0.717, 1.165) is 11.1 Å². The summed E-state index contributed by atoms with van der Waals surface area (Å²) in [6.07, 6.45) is 3.88. The van der Waals surface area contributed by atoms with Crippen LogP contribution in [-0.2, 0) is 19.1 Å². The maximum absolute atomic E-state index is 12.1. The molecule has 2 rings (SSSR count). The summed E-state index contributed by atoms with van der Waals surface area (Å²) < 4.78 is 11.0. The van der Waals surface area contributed by atoms with Crippen molar-refractivity contribution in [3.05, 3.63) is 35.5 Å². The predicted octanol–water partition coefficient (Wildman–Crippen LogP) is 1.67. The van der Waals surface area contributed by atoms with E-state index in [4.69, 9.17) is 9.47 Å². The summed E-state index contributed by atoms with van der Waals surface area (Å²) in [4.78, 5) is 24.2. The normalized spacial score (nSPS) is 31.5. The zero-order valence-corrected chi connectivity index (χ0v) is 14.7. The highest BCUT2D eigenvalue weighted by atomic mass is 16.6. The van der Waals surface area contributed by atoms with Gasteiger partial charge in [0.05, 0.1) is 25.0 Å². The lowest BCUT2D eigenvalue weighted by atomic mass is 9.85. The van der Waals surface area contributed by atoms with Crippen molar-refractivity contribution in [3.63, 3.8) is 0 Å². The molecule has 6 heteroatoms. The van der Waals surface area contributed by atoms with Crippen molar-refractivity contribution in [1.82, 2.24) is 0 Å². The molecule has 1 fully saturated rings. The molecule has 1 saturated heterocycles. The fraction of sp³-hybridized carbons (Fsp3) is 0.579. The number of allylic oxidation sites excluding steroid dienone is 1. The lowest BCUT2D eigenvalue weighted by Crippen LogP contribution is -2.35. The number of ether oxygens (including phenoxy) is 2. The third-order valence-corrected chi connectivity index (χ3v) is 4.57. The van der Waals surface area contributed by atoms with Gasteiger partial charge >= 0.3 is 11.9 Å². The summed E-state index contributed by atoms with van der Waals surface area (Å²) in [7, 11) is 0. The van der Waals surface area contributed by atoms with Crippen LogP contribution in [0.4, 0.5) is 0 Å². The third kappa shape index (κ3) is 4.58. The number of hydrogen-bond acceptors (Lipinski definition) is 6. The fourth-order valence-electron chi connectivity index (χ4n) is 3.09. The van der Waals surface area contributed by atoms with Gasteiger partial charge in [0.25, 0.3) is 0 Å². The Labute approximate surface area is 147 Å². The number of aliphatic hydroxyl groups excluding tert-OH is 2. The first-order valence-electron chi connectivity index (χ1n) is 8.56. The average molecular weight is 350 g/mol. The molecule has 0 spiro atoms. The molecule has 0 aromatic heterocycles. The van der Waals surface area contributed by atoms with Crippen LogP contribution in [0.2, 0.25) is 0 Å². The maximum atomic E-state index is 12.1. The molecule has 1 aliphatic carbocycles. The molecule has 3 atom stereocenters. The lowest BCUT2D eigenvalue weighted by molar-refractivity contribution is -0.155. The number of hydrogen-bond donors (Lipinski definition) is 2. The largest absolute Gasteiger partial charge is 0.461 e. The van der Waals surface area contributed by atoms with Gasteiger partial charge < -0.3 is 19.7 Å². The molecule has 6 nitrogen and oxygen atoms in total. The van der Waals surface area contributed by atoms with E-state index in [1.54, 1.807) is 19.9 Å². The first-order valence-corrected chi connectivity index (χ1v) is 8.56. The maximum Gasteiger partial charge on any atom is 0.334 e. The number of rotatable bonds is 4. The second-order valence-electron chi connectivity index (χ2n) is 6.80. The van der Waals surface area contributed by atoms with E-state index in [1.165, 1.54) is 0 Å². The zero-order valence-electron chi connectivity index (χ0n) is 14.7. The summed E-state index contributed by atoms with van der Waals surface area (Å²) in [5.41, 5.74) is 1.71. The molecule has 25 heavy (non-hydrogen) atoms. The summed E-state index contributed by atoms with van der Waals surface area (Å²) in [6.45, 7) is 6.97. The van der Waals surface area contributed by atoms with Gasteiger partial charge in [-0.15, -0.1) is 0 Å². The molecule has 1 aliphatic heterocycles. The minimum Gasteiger partial charge on any atom is -0.461 e. The minimum absolute atomic E-state index is 0.147. The van der Waals surface area contributed by atoms with Crippen molar-refractivity contribution < 1.29 is 29.3 Å². The van der Waals surface area contributed by atoms with Crippen LogP contribution in [0.1, 0.15) is 33.1 Å². The smallest absolute Gasteiger partial charge is 0.334 e. The van der Waals surface area contributed by atoms with Crippen LogP contribution in [0, 0.1) is 11.8 Å². The molecule has 0 saturated carbocycles. The monoisotopic (exact) mass is 350 g/mol. The van der Waals surface area contributed by atoms with Crippen LogP contribution >= 0.6 is 0 Å². The summed E-state index contributed by atoms with van der Waals surface area (Å²) in [6, 6.07) is 0. The van der Waals surface area contributed by atoms with Gasteiger partial charge in [0.1, 0.15) is 12.2 Å². The summed E-state index contributed by atoms with van der Waals surface area (Å²) in [5.74, 6) is -1.76. The zero-order chi connectivity index (χ0) is 18.6. The Bertz CT molecular complexity index is 601. The highest BCUT2D eigenvalue weighted by Gasteiger charge is 2.44. The molecule has 0 bridgehead atoms. The van der Waals surface area contributed by atoms with Crippen LogP contribution in [0.15, 0.2) is 35.5 Å². The third-order valence-electron chi connectivity index (χ3n) is 4.57. The van der Waals surface area contributed by atoms with E-state index in [-0.39, 0.29) is 30.7 Å². The van der Waals surface area contributed by atoms with Crippen molar-refractivity contribution in [2.24, 2.45) is 11.8 Å². The van der Waals surface area contributed by atoms with Crippen LogP contribution < -0.4 is 0 Å². The van der Waals surface area contributed by atoms with Crippen molar-refractivity contribution in [2.45, 2.75) is 45.3 Å². The van der Waals surface area contributed by atoms with Gasteiger partial charge in [-0.25, -0.2) is 4.79 Å². The van der Waals surface area contributed by atoms with Crippen LogP contribution in [-0.4, -0.2) is 47.6 Å². The second kappa shape index (κ2) is 8.45. The van der Waals surface area contributed by atoms with Crippen molar-refractivity contribution in [1.29, 1.82) is 0 Å². The van der Waals surface area contributed by atoms with E-state index in [9.17, 15) is 19.8 Å². The molecule has 2 aliphatic rings. The molecular formula is C19H26O6. The molecule has 1 heterocycles. The van der Waals surface area contributed by atoms with Crippen molar-refractivity contribution in [3.8, 4) is 0 Å². The van der Waals surface area contributed by atoms with Crippen molar-refractivity contribution >= 4 is 11.9 Å². The molecule has 0 radical (unpaired) electrons. The average Bonchev–Trinajstić information content (AvgIpc) is 2.85. The number of esters is 2. The van der Waals surface area contributed by atoms with Crippen molar-refractivity contribution in [2.75, 3.05) is 13.2 Å². The summed E-state index contributed by atoms with van der Waals surface area (Å²) in [5, 5.41) is 19.2. The molecule has 0 unspecified atom stereocenters. The van der Waals surface area contributed by atoms with E-state index in [0.29, 0.717) is 19.3 Å². The molecule has 0 amide bonds. The SMILES string of the molecule is C=C1C(=O)O[C@@H]2/C=C(/CO)CC/C=C(/CO)C[C@@H](OC(=O)C(C)C)[C@@H]12. The van der Waals surface area contributed by atoms with Gasteiger partial charge in [-0.05, 0) is 30.1 Å². The Morgan fingerprint density at radius 1 is 1.36 bits per heavy atom. The number of aliphatic hydroxyl groups is 2. The first kappa shape index (κ1) is 19.4. The lowest BCUT2D eigenvalue weighted by Gasteiger charge is -2.28. The van der Waals surface area contributed by atoms with E-state index < -0.39 is 24.1 Å². The minimum atomic E-state index is -0.661. The second-order valence-corrected chi connectivity index (χ2v) is 6.80. The van der Waals surface area contributed by atoms with Gasteiger partial charge in [0, 0.05) is 12.0 Å². The Balaban J connectivity index is 2.41. The van der Waals surface area contributed by atoms with E-state index >= 15 is 0 Å². The number of carbonyl (C=O) groups is 2. The number of fused-ring (bicyclic) bond motifs is 1. The first-order chi connectivity index (χ1) is 11.9. The molecule has 0 aromatic carbocycles. The Morgan fingerprint density at radius 2 is 2.04 bits per heavy atom. The standard InChI is InChI=1S/C19H26O6/c1-11(2)18(22)24-15-7-13(9-20)5-4-6-14(10-21)8-16-17(15)12(3)19(23)25-16/h5,8,11,15-17,20-21H,3-4,6-7,9-10H2,1-2H3/b13-5+,14-8+/t15-,16-,17-/m1/s1. The van der Waals surface area contributed by atoms with Gasteiger partial charge in [-0.1, -0.05) is 26.5 Å². The Hall–Kier alpha value is -1.92. The van der Waals surface area contributed by atoms with Gasteiger partial charge in [-0.3, -0.25) is 4.79 Å². The quantitative estimate of drug-likeness (QED) is 0.455. The molecule has 2 N–H and O–H groups in total. The van der Waals surface area contributed by atoms with Crippen LogP contribution in [0.25, 0.3) is 0 Å². The van der Waals surface area contributed by atoms with Gasteiger partial charge in [-0.2, -0.15) is 0 Å². The highest BCUT2D eigenvalue weighted by molar-refractivity contribution is 5.91. The fourth-order valence-corrected chi connectivity index (χ4v) is 3.09. The topological polar surface area (TPSA) is 93.1 Å². The van der Waals surface area contributed by atoms with E-state index in [2.05, 4.69) is 6.58 Å². The molecule has 0 aromatic rings. The highest BCUT2D eigenvalue weighted by Crippen LogP contribution is 2.36. The Morgan fingerprint density at radius 3 is 2.64 bits per heavy atom. The summed E-state index contributed by atoms with van der Waals surface area (Å²) >= 11 is 0. The molecule has 138 valence electrons. The predicted molar refractivity (Wildman–Crippen MR) is 91.4 cm³/mol. The number of carbonyl (C=O) groups excluding carboxylic acids is 2. The van der Waals surface area contributed by atoms with Gasteiger partial charge in [0.15, 0.2) is 0 Å². The van der Waals surface area contributed by atoms with Gasteiger partial charge in [0.2, 0.25) is 0 Å². The Kier molecular flexibility index (Phi) is 6.56. The molecular weight excluding hydrogens is 324 g/mol.